The molecule has 0 radical (unpaired) electrons. The molecule has 1 aliphatic heterocycles. The maximum atomic E-state index is 12.4. The zero-order chi connectivity index (χ0) is 20.3. The molecule has 0 amide bonds. The first kappa shape index (κ1) is 20.2. The molecule has 0 unspecified atom stereocenters. The first-order valence-corrected chi connectivity index (χ1v) is 9.11. The molecule has 1 aromatic carbocycles. The van der Waals surface area contributed by atoms with Crippen molar-refractivity contribution in [3.63, 3.8) is 0 Å². The van der Waals surface area contributed by atoms with E-state index >= 15 is 0 Å². The van der Waals surface area contributed by atoms with Gasteiger partial charge in [-0.05, 0) is 29.7 Å². The second kappa shape index (κ2) is 8.22. The summed E-state index contributed by atoms with van der Waals surface area (Å²) in [6, 6.07) is 6.28. The molecule has 1 aromatic heterocycles. The quantitative estimate of drug-likeness (QED) is 0.779. The van der Waals surface area contributed by atoms with Crippen LogP contribution < -0.4 is 15.0 Å². The monoisotopic (exact) mass is 396 g/mol. The standard InChI is InChI=1S/C19H23F3N4O2/c1-12(2)18-24-16(23-6-8-27)10-17(25-18)26-7-5-13-9-15(28-19(20,21)22)4-3-14(13)11-26/h3-4,9-10,12,27H,5-8,11H2,1-2H3,(H,23,24,25). The van der Waals surface area contributed by atoms with Gasteiger partial charge in [0.1, 0.15) is 23.2 Å². The largest absolute Gasteiger partial charge is 0.573 e. The number of nitrogens with one attached hydrogen (secondary N) is 1. The van der Waals surface area contributed by atoms with Crippen LogP contribution in [-0.4, -0.2) is 41.1 Å². The lowest BCUT2D eigenvalue weighted by Gasteiger charge is -2.30. The van der Waals surface area contributed by atoms with Gasteiger partial charge in [-0.2, -0.15) is 0 Å². The number of aliphatic hydroxyl groups excluding tert-OH is 1. The Bertz CT molecular complexity index is 827. The highest BCUT2D eigenvalue weighted by Crippen LogP contribution is 2.30. The molecule has 1 aliphatic rings. The van der Waals surface area contributed by atoms with E-state index in [4.69, 9.17) is 5.11 Å². The summed E-state index contributed by atoms with van der Waals surface area (Å²) in [5.41, 5.74) is 1.78. The van der Waals surface area contributed by atoms with Crippen LogP contribution in [0.15, 0.2) is 24.3 Å². The van der Waals surface area contributed by atoms with Gasteiger partial charge in [0.15, 0.2) is 0 Å². The number of ether oxygens (including phenoxy) is 1. The van der Waals surface area contributed by atoms with Crippen molar-refractivity contribution in [2.45, 2.75) is 39.1 Å². The minimum atomic E-state index is -4.69. The van der Waals surface area contributed by atoms with E-state index in [9.17, 15) is 13.2 Å². The number of hydrogen-bond acceptors (Lipinski definition) is 6. The number of benzene rings is 1. The van der Waals surface area contributed by atoms with E-state index < -0.39 is 6.36 Å². The molecule has 28 heavy (non-hydrogen) atoms. The Morgan fingerprint density at radius 2 is 2.00 bits per heavy atom. The van der Waals surface area contributed by atoms with Gasteiger partial charge in [0, 0.05) is 31.6 Å². The number of fused-ring (bicyclic) bond motifs is 1. The third kappa shape index (κ3) is 5.03. The molecule has 9 heteroatoms. The van der Waals surface area contributed by atoms with Crippen LogP contribution in [0.5, 0.6) is 5.75 Å². The molecule has 0 bridgehead atoms. The Hall–Kier alpha value is -2.55. The molecule has 2 heterocycles. The van der Waals surface area contributed by atoms with E-state index in [1.54, 1.807) is 6.07 Å². The number of halogens is 3. The highest BCUT2D eigenvalue weighted by atomic mass is 19.4. The molecule has 2 aromatic rings. The van der Waals surface area contributed by atoms with Gasteiger partial charge in [-0.3, -0.25) is 0 Å². The Balaban J connectivity index is 1.82. The SMILES string of the molecule is CC(C)c1nc(NCCO)cc(N2CCc3cc(OC(F)(F)F)ccc3C2)n1. The maximum absolute atomic E-state index is 12.4. The van der Waals surface area contributed by atoms with Gasteiger partial charge >= 0.3 is 6.36 Å². The smallest absolute Gasteiger partial charge is 0.406 e. The van der Waals surface area contributed by atoms with Crippen LogP contribution in [0.4, 0.5) is 24.8 Å². The first-order valence-electron chi connectivity index (χ1n) is 9.11. The average molecular weight is 396 g/mol. The summed E-state index contributed by atoms with van der Waals surface area (Å²) >= 11 is 0. The predicted molar refractivity (Wildman–Crippen MR) is 99.6 cm³/mol. The second-order valence-electron chi connectivity index (χ2n) is 6.92. The van der Waals surface area contributed by atoms with Gasteiger partial charge in [0.05, 0.1) is 6.61 Å². The minimum absolute atomic E-state index is 0.00420. The fourth-order valence-electron chi connectivity index (χ4n) is 3.07. The Labute approximate surface area is 161 Å². The summed E-state index contributed by atoms with van der Waals surface area (Å²) in [6.07, 6.45) is -4.11. The molecule has 0 saturated carbocycles. The number of nitrogens with zero attached hydrogens (tertiary/aromatic N) is 3. The molecule has 2 N–H and O–H groups in total. The zero-order valence-electron chi connectivity index (χ0n) is 15.8. The van der Waals surface area contributed by atoms with Gasteiger partial charge in [-0.15, -0.1) is 13.2 Å². The van der Waals surface area contributed by atoms with Crippen LogP contribution in [0, 0.1) is 0 Å². The van der Waals surface area contributed by atoms with Crippen LogP contribution >= 0.6 is 0 Å². The molecule has 0 spiro atoms. The van der Waals surface area contributed by atoms with Crippen molar-refractivity contribution in [3.05, 3.63) is 41.2 Å². The van der Waals surface area contributed by atoms with Crippen LogP contribution in [0.2, 0.25) is 0 Å². The maximum Gasteiger partial charge on any atom is 0.573 e. The van der Waals surface area contributed by atoms with Crippen LogP contribution in [0.25, 0.3) is 0 Å². The number of hydrogen-bond donors (Lipinski definition) is 2. The summed E-state index contributed by atoms with van der Waals surface area (Å²) in [4.78, 5) is 11.2. The van der Waals surface area contributed by atoms with E-state index in [1.165, 1.54) is 12.1 Å². The lowest BCUT2D eigenvalue weighted by Crippen LogP contribution is -2.31. The molecular formula is C19H23F3N4O2. The molecule has 3 rings (SSSR count). The number of rotatable bonds is 6. The van der Waals surface area contributed by atoms with Crippen molar-refractivity contribution in [1.82, 2.24) is 9.97 Å². The van der Waals surface area contributed by atoms with Gasteiger partial charge < -0.3 is 20.1 Å². The molecule has 0 saturated heterocycles. The Morgan fingerprint density at radius 1 is 1.21 bits per heavy atom. The molecule has 152 valence electrons. The van der Waals surface area contributed by atoms with Gasteiger partial charge in [-0.1, -0.05) is 19.9 Å². The summed E-state index contributed by atoms with van der Waals surface area (Å²) in [7, 11) is 0. The van der Waals surface area contributed by atoms with Gasteiger partial charge in [0.2, 0.25) is 0 Å². The summed E-state index contributed by atoms with van der Waals surface area (Å²) < 4.78 is 41.3. The topological polar surface area (TPSA) is 70.5 Å². The number of alkyl halides is 3. The molecule has 0 fully saturated rings. The number of anilines is 2. The zero-order valence-corrected chi connectivity index (χ0v) is 15.8. The predicted octanol–water partition coefficient (Wildman–Crippen LogP) is 3.47. The Kier molecular flexibility index (Phi) is 5.93. The highest BCUT2D eigenvalue weighted by molar-refractivity contribution is 5.52. The van der Waals surface area contributed by atoms with Crippen molar-refractivity contribution in [3.8, 4) is 5.75 Å². The van der Waals surface area contributed by atoms with E-state index in [0.29, 0.717) is 37.7 Å². The highest BCUT2D eigenvalue weighted by Gasteiger charge is 2.31. The van der Waals surface area contributed by atoms with Crippen molar-refractivity contribution < 1.29 is 23.0 Å². The third-order valence-corrected chi connectivity index (χ3v) is 4.41. The Morgan fingerprint density at radius 3 is 2.68 bits per heavy atom. The fraction of sp³-hybridized carbons (Fsp3) is 0.474. The summed E-state index contributed by atoms with van der Waals surface area (Å²) in [6.45, 7) is 5.55. The van der Waals surface area contributed by atoms with E-state index in [-0.39, 0.29) is 18.3 Å². The van der Waals surface area contributed by atoms with E-state index in [2.05, 4.69) is 24.9 Å². The van der Waals surface area contributed by atoms with Crippen molar-refractivity contribution in [1.29, 1.82) is 0 Å². The average Bonchev–Trinajstić information content (AvgIpc) is 2.64. The summed E-state index contributed by atoms with van der Waals surface area (Å²) in [5.74, 6) is 2.02. The minimum Gasteiger partial charge on any atom is -0.406 e. The van der Waals surface area contributed by atoms with Crippen LogP contribution in [0.3, 0.4) is 0 Å². The fourth-order valence-corrected chi connectivity index (χ4v) is 3.07. The lowest BCUT2D eigenvalue weighted by molar-refractivity contribution is -0.274. The first-order chi connectivity index (χ1) is 13.2. The van der Waals surface area contributed by atoms with Crippen LogP contribution in [-0.2, 0) is 13.0 Å². The molecular weight excluding hydrogens is 373 g/mol. The molecule has 6 nitrogen and oxygen atoms in total. The summed E-state index contributed by atoms with van der Waals surface area (Å²) in [5, 5.41) is 12.1. The van der Waals surface area contributed by atoms with Gasteiger partial charge in [0.25, 0.3) is 0 Å². The molecule has 0 atom stereocenters. The molecule has 0 aliphatic carbocycles. The second-order valence-corrected chi connectivity index (χ2v) is 6.92. The normalized spacial score (nSPS) is 14.2. The van der Waals surface area contributed by atoms with Crippen molar-refractivity contribution in [2.75, 3.05) is 29.9 Å². The van der Waals surface area contributed by atoms with E-state index in [0.717, 1.165) is 16.9 Å². The van der Waals surface area contributed by atoms with Gasteiger partial charge in [-0.25, -0.2) is 9.97 Å². The third-order valence-electron chi connectivity index (χ3n) is 4.41. The number of aromatic nitrogens is 2. The van der Waals surface area contributed by atoms with Crippen LogP contribution in [0.1, 0.15) is 36.7 Å². The van der Waals surface area contributed by atoms with E-state index in [1.807, 2.05) is 19.9 Å². The number of aliphatic hydroxyl groups is 1. The van der Waals surface area contributed by atoms with Crippen molar-refractivity contribution in [2.24, 2.45) is 0 Å². The lowest BCUT2D eigenvalue weighted by atomic mass is 9.99. The van der Waals surface area contributed by atoms with Crippen molar-refractivity contribution >= 4 is 11.6 Å².